The minimum atomic E-state index is -1.00. The van der Waals surface area contributed by atoms with E-state index in [-0.39, 0.29) is 12.5 Å². The molecule has 30 heavy (non-hydrogen) atoms. The normalized spacial score (nSPS) is 33.4. The number of carbonyl (C=O) groups is 2. The van der Waals surface area contributed by atoms with Crippen LogP contribution in [0.25, 0.3) is 0 Å². The summed E-state index contributed by atoms with van der Waals surface area (Å²) < 4.78 is 30.4. The summed E-state index contributed by atoms with van der Waals surface area (Å²) >= 11 is 3.34. The molecule has 3 heterocycles. The third-order valence-electron chi connectivity index (χ3n) is 4.96. The largest absolute Gasteiger partial charge is 0.345 e. The zero-order chi connectivity index (χ0) is 21.7. The van der Waals surface area contributed by atoms with Crippen LogP contribution in [0.2, 0.25) is 0 Å². The standard InChI is InChI=1S/C20H25BrN2O7/c1-19(2)27-13-14(28-19)16-18(30-20(3,4)29-16)26-15(13)17(25)22-9-12(24)23-11-7-5-10(21)6-8-11/h5-8,13-16,18H,9H2,1-4H3,(H,22,25)(H,23,24)/t13-,14+,15+,16-,18-/m1/s1. The Labute approximate surface area is 182 Å². The Kier molecular flexibility index (Phi) is 5.67. The van der Waals surface area contributed by atoms with Crippen molar-refractivity contribution in [2.24, 2.45) is 0 Å². The van der Waals surface area contributed by atoms with Crippen LogP contribution in [0.4, 0.5) is 5.69 Å². The molecule has 0 saturated carbocycles. The van der Waals surface area contributed by atoms with Gasteiger partial charge in [0.25, 0.3) is 5.91 Å². The molecule has 1 aromatic carbocycles. The van der Waals surface area contributed by atoms with Crippen LogP contribution in [-0.2, 0) is 33.3 Å². The number of benzene rings is 1. The maximum Gasteiger partial charge on any atom is 0.252 e. The van der Waals surface area contributed by atoms with Crippen molar-refractivity contribution in [3.8, 4) is 0 Å². The number of hydrogen-bond acceptors (Lipinski definition) is 7. The summed E-state index contributed by atoms with van der Waals surface area (Å²) in [6.07, 6.45) is -3.51. The lowest BCUT2D eigenvalue weighted by Gasteiger charge is -2.36. The summed E-state index contributed by atoms with van der Waals surface area (Å²) in [7, 11) is 0. The molecule has 3 aliphatic heterocycles. The molecule has 164 valence electrons. The summed E-state index contributed by atoms with van der Waals surface area (Å²) in [6.45, 7) is 6.86. The maximum absolute atomic E-state index is 12.8. The first kappa shape index (κ1) is 21.7. The molecule has 4 rings (SSSR count). The SMILES string of the molecule is CC1(C)O[C@H]2[C@@H](O1)[C@@H](C(=O)NCC(=O)Nc1ccc(Br)cc1)O[C@@H]1OC(C)(C)O[C@@H]12. The molecular formula is C20H25BrN2O7. The summed E-state index contributed by atoms with van der Waals surface area (Å²) in [4.78, 5) is 25.1. The summed E-state index contributed by atoms with van der Waals surface area (Å²) in [5, 5.41) is 5.33. The first-order valence-electron chi connectivity index (χ1n) is 9.73. The van der Waals surface area contributed by atoms with Crippen LogP contribution in [0.15, 0.2) is 28.7 Å². The van der Waals surface area contributed by atoms with Gasteiger partial charge in [0, 0.05) is 10.2 Å². The van der Waals surface area contributed by atoms with Crippen LogP contribution in [0.3, 0.4) is 0 Å². The molecule has 10 heteroatoms. The van der Waals surface area contributed by atoms with E-state index in [2.05, 4.69) is 26.6 Å². The van der Waals surface area contributed by atoms with Gasteiger partial charge in [-0.3, -0.25) is 9.59 Å². The highest BCUT2D eigenvalue weighted by atomic mass is 79.9. The van der Waals surface area contributed by atoms with Gasteiger partial charge < -0.3 is 34.3 Å². The molecule has 0 spiro atoms. The lowest BCUT2D eigenvalue weighted by Crippen LogP contribution is -2.59. The van der Waals surface area contributed by atoms with Gasteiger partial charge in [0.1, 0.15) is 18.3 Å². The van der Waals surface area contributed by atoms with Gasteiger partial charge in [-0.25, -0.2) is 0 Å². The zero-order valence-electron chi connectivity index (χ0n) is 17.1. The van der Waals surface area contributed by atoms with Crippen LogP contribution in [0, 0.1) is 0 Å². The molecule has 9 nitrogen and oxygen atoms in total. The molecule has 1 aromatic rings. The van der Waals surface area contributed by atoms with E-state index >= 15 is 0 Å². The van der Waals surface area contributed by atoms with Gasteiger partial charge in [-0.15, -0.1) is 0 Å². The summed E-state index contributed by atoms with van der Waals surface area (Å²) in [5.74, 6) is -2.61. The van der Waals surface area contributed by atoms with Crippen molar-refractivity contribution < 1.29 is 33.3 Å². The highest BCUT2D eigenvalue weighted by molar-refractivity contribution is 9.10. The molecule has 2 amide bonds. The molecule has 0 bridgehead atoms. The van der Waals surface area contributed by atoms with E-state index in [0.29, 0.717) is 5.69 Å². The zero-order valence-corrected chi connectivity index (χ0v) is 18.7. The lowest BCUT2D eigenvalue weighted by atomic mass is 9.98. The Hall–Kier alpha value is -1.56. The van der Waals surface area contributed by atoms with Crippen LogP contribution in [-0.4, -0.2) is 60.6 Å². The fourth-order valence-electron chi connectivity index (χ4n) is 3.83. The number of fused-ring (bicyclic) bond motifs is 3. The van der Waals surface area contributed by atoms with Crippen LogP contribution in [0.5, 0.6) is 0 Å². The van der Waals surface area contributed by atoms with E-state index in [1.54, 1.807) is 39.8 Å². The van der Waals surface area contributed by atoms with Gasteiger partial charge in [0.05, 0.1) is 6.54 Å². The van der Waals surface area contributed by atoms with Gasteiger partial charge in [-0.2, -0.15) is 0 Å². The van der Waals surface area contributed by atoms with Crippen molar-refractivity contribution in [1.29, 1.82) is 0 Å². The lowest BCUT2D eigenvalue weighted by molar-refractivity contribution is -0.231. The predicted octanol–water partition coefficient (Wildman–Crippen LogP) is 1.90. The number of carbonyl (C=O) groups excluding carboxylic acids is 2. The van der Waals surface area contributed by atoms with Crippen molar-refractivity contribution in [2.75, 3.05) is 11.9 Å². The number of nitrogens with one attached hydrogen (secondary N) is 2. The highest BCUT2D eigenvalue weighted by Crippen LogP contribution is 2.44. The van der Waals surface area contributed by atoms with Crippen molar-refractivity contribution >= 4 is 33.4 Å². The third-order valence-corrected chi connectivity index (χ3v) is 5.49. The average Bonchev–Trinajstić information content (AvgIpc) is 3.14. The van der Waals surface area contributed by atoms with Crippen LogP contribution >= 0.6 is 15.9 Å². The number of rotatable bonds is 4. The number of amides is 2. The fourth-order valence-corrected chi connectivity index (χ4v) is 4.09. The van der Waals surface area contributed by atoms with Crippen LogP contribution < -0.4 is 10.6 Å². The van der Waals surface area contributed by atoms with Gasteiger partial charge >= 0.3 is 0 Å². The monoisotopic (exact) mass is 484 g/mol. The topological polar surface area (TPSA) is 104 Å². The number of anilines is 1. The van der Waals surface area contributed by atoms with E-state index in [4.69, 9.17) is 23.7 Å². The van der Waals surface area contributed by atoms with Gasteiger partial charge in [0.15, 0.2) is 24.0 Å². The Morgan fingerprint density at radius 2 is 1.53 bits per heavy atom. The third kappa shape index (κ3) is 4.53. The Morgan fingerprint density at radius 1 is 0.933 bits per heavy atom. The second-order valence-corrected chi connectivity index (χ2v) is 9.28. The second-order valence-electron chi connectivity index (χ2n) is 8.36. The van der Waals surface area contributed by atoms with E-state index in [9.17, 15) is 9.59 Å². The van der Waals surface area contributed by atoms with E-state index < -0.39 is 48.2 Å². The minimum absolute atomic E-state index is 0.215. The molecule has 2 N–H and O–H groups in total. The molecule has 0 aromatic heterocycles. The first-order chi connectivity index (χ1) is 14.0. The van der Waals surface area contributed by atoms with Crippen molar-refractivity contribution in [1.82, 2.24) is 5.32 Å². The van der Waals surface area contributed by atoms with Crippen molar-refractivity contribution in [3.63, 3.8) is 0 Å². The second kappa shape index (κ2) is 7.85. The van der Waals surface area contributed by atoms with Crippen LogP contribution in [0.1, 0.15) is 27.7 Å². The van der Waals surface area contributed by atoms with Gasteiger partial charge in [0.2, 0.25) is 5.91 Å². The van der Waals surface area contributed by atoms with Crippen molar-refractivity contribution in [2.45, 2.75) is 70.0 Å². The number of ether oxygens (including phenoxy) is 5. The van der Waals surface area contributed by atoms with E-state index in [1.807, 2.05) is 12.1 Å². The Morgan fingerprint density at radius 3 is 2.23 bits per heavy atom. The predicted molar refractivity (Wildman–Crippen MR) is 108 cm³/mol. The molecule has 0 aliphatic carbocycles. The van der Waals surface area contributed by atoms with Crippen molar-refractivity contribution in [3.05, 3.63) is 28.7 Å². The smallest absolute Gasteiger partial charge is 0.252 e. The van der Waals surface area contributed by atoms with Gasteiger partial charge in [-0.1, -0.05) is 15.9 Å². The van der Waals surface area contributed by atoms with E-state index in [0.717, 1.165) is 4.47 Å². The molecule has 5 atom stereocenters. The molecular weight excluding hydrogens is 460 g/mol. The molecule has 3 saturated heterocycles. The molecule has 3 aliphatic rings. The number of hydrogen-bond donors (Lipinski definition) is 2. The quantitative estimate of drug-likeness (QED) is 0.672. The average molecular weight is 485 g/mol. The number of halogens is 1. The van der Waals surface area contributed by atoms with Gasteiger partial charge in [-0.05, 0) is 52.0 Å². The van der Waals surface area contributed by atoms with E-state index in [1.165, 1.54) is 0 Å². The Bertz CT molecular complexity index is 829. The fraction of sp³-hybridized carbons (Fsp3) is 0.600. The minimum Gasteiger partial charge on any atom is -0.345 e. The summed E-state index contributed by atoms with van der Waals surface area (Å²) in [5.41, 5.74) is 0.627. The highest BCUT2D eigenvalue weighted by Gasteiger charge is 2.62. The molecule has 3 fully saturated rings. The maximum atomic E-state index is 12.8. The molecule has 0 unspecified atom stereocenters. The first-order valence-corrected chi connectivity index (χ1v) is 10.5. The molecule has 0 radical (unpaired) electrons. The Balaban J connectivity index is 1.40. The summed E-state index contributed by atoms with van der Waals surface area (Å²) in [6, 6.07) is 7.13.